The van der Waals surface area contributed by atoms with Crippen molar-refractivity contribution in [3.63, 3.8) is 0 Å². The van der Waals surface area contributed by atoms with E-state index in [1.54, 1.807) is 11.3 Å². The summed E-state index contributed by atoms with van der Waals surface area (Å²) in [5.41, 5.74) is 4.23. The fraction of sp³-hybridized carbons (Fsp3) is 0.263. The number of aryl methyl sites for hydroxylation is 2. The van der Waals surface area contributed by atoms with Gasteiger partial charge in [0.1, 0.15) is 17.2 Å². The van der Waals surface area contributed by atoms with Crippen molar-refractivity contribution in [1.29, 1.82) is 0 Å². The Morgan fingerprint density at radius 3 is 2.50 bits per heavy atom. The topological polar surface area (TPSA) is 42.8 Å². The van der Waals surface area contributed by atoms with Crippen LogP contribution in [0.15, 0.2) is 56.3 Å². The van der Waals surface area contributed by atoms with Crippen LogP contribution in [0.2, 0.25) is 0 Å². The molecule has 0 spiro atoms. The van der Waals surface area contributed by atoms with Gasteiger partial charge in [0.25, 0.3) is 0 Å². The van der Waals surface area contributed by atoms with Crippen molar-refractivity contribution >= 4 is 17.0 Å². The van der Waals surface area contributed by atoms with Crippen LogP contribution in [0.5, 0.6) is 0 Å². The minimum atomic E-state index is 0.724. The molecule has 2 aromatic heterocycles. The van der Waals surface area contributed by atoms with Gasteiger partial charge in [-0.2, -0.15) is 5.10 Å². The van der Waals surface area contributed by atoms with E-state index in [-0.39, 0.29) is 0 Å². The van der Waals surface area contributed by atoms with Crippen molar-refractivity contribution in [2.75, 3.05) is 6.54 Å². The molecule has 5 heteroatoms. The maximum Gasteiger partial charge on any atom is 0.206 e. The molecular weight excluding hydrogens is 318 g/mol. The summed E-state index contributed by atoms with van der Waals surface area (Å²) in [5, 5.41) is 6.88. The minimum absolute atomic E-state index is 0.724. The summed E-state index contributed by atoms with van der Waals surface area (Å²) in [5.74, 6) is 1.66. The Balaban J connectivity index is 2.13. The number of hydrogen-bond acceptors (Lipinski definition) is 4. The number of aromatic nitrogens is 1. The van der Waals surface area contributed by atoms with Crippen LogP contribution in [0.1, 0.15) is 30.9 Å². The van der Waals surface area contributed by atoms with Crippen molar-refractivity contribution < 1.29 is 4.42 Å². The molecule has 0 aliphatic heterocycles. The number of benzene rings is 1. The normalized spacial score (nSPS) is 12.8. The van der Waals surface area contributed by atoms with Crippen LogP contribution >= 0.6 is 11.3 Å². The molecule has 0 radical (unpaired) electrons. The lowest BCUT2D eigenvalue weighted by Crippen LogP contribution is -2.14. The van der Waals surface area contributed by atoms with Crippen LogP contribution in [0.3, 0.4) is 0 Å². The zero-order chi connectivity index (χ0) is 17.1. The first kappa shape index (κ1) is 16.5. The van der Waals surface area contributed by atoms with E-state index < -0.39 is 0 Å². The molecule has 0 atom stereocenters. The van der Waals surface area contributed by atoms with Crippen LogP contribution in [0, 0.1) is 13.8 Å². The standard InChI is InChI=1S/C19H21N3OS/c1-5-20-19-22(21-15(4)18-11-8-14(3)23-18)17(12-24-19)16-9-6-13(2)7-10-16/h6-12H,5H2,1-4H3. The van der Waals surface area contributed by atoms with Crippen LogP contribution < -0.4 is 4.80 Å². The van der Waals surface area contributed by atoms with Gasteiger partial charge in [-0.25, -0.2) is 4.68 Å². The lowest BCUT2D eigenvalue weighted by molar-refractivity contribution is 0.524. The smallest absolute Gasteiger partial charge is 0.206 e. The van der Waals surface area contributed by atoms with Gasteiger partial charge in [0, 0.05) is 17.5 Å². The molecule has 0 unspecified atom stereocenters. The summed E-state index contributed by atoms with van der Waals surface area (Å²) in [6, 6.07) is 12.4. The molecule has 3 aromatic rings. The van der Waals surface area contributed by atoms with E-state index in [1.807, 2.05) is 37.6 Å². The average molecular weight is 339 g/mol. The molecule has 0 N–H and O–H groups in total. The van der Waals surface area contributed by atoms with Gasteiger partial charge in [0.05, 0.1) is 5.69 Å². The van der Waals surface area contributed by atoms with Gasteiger partial charge in [-0.3, -0.25) is 4.99 Å². The molecule has 0 saturated carbocycles. The molecule has 0 aliphatic carbocycles. The fourth-order valence-corrected chi connectivity index (χ4v) is 3.29. The summed E-state index contributed by atoms with van der Waals surface area (Å²) >= 11 is 1.60. The van der Waals surface area contributed by atoms with Crippen molar-refractivity contribution in [3.05, 3.63) is 63.7 Å². The second-order valence-electron chi connectivity index (χ2n) is 5.65. The predicted octanol–water partition coefficient (Wildman–Crippen LogP) is 4.62. The highest BCUT2D eigenvalue weighted by Crippen LogP contribution is 2.21. The number of rotatable bonds is 4. The Bertz CT molecular complexity index is 926. The molecule has 4 nitrogen and oxygen atoms in total. The summed E-state index contributed by atoms with van der Waals surface area (Å²) in [6.07, 6.45) is 0. The van der Waals surface area contributed by atoms with E-state index in [0.29, 0.717) is 0 Å². The Hall–Kier alpha value is -2.40. The Morgan fingerprint density at radius 1 is 1.12 bits per heavy atom. The summed E-state index contributed by atoms with van der Waals surface area (Å²) in [4.78, 5) is 5.45. The minimum Gasteiger partial charge on any atom is -0.460 e. The number of nitrogens with zero attached hydrogens (tertiary/aromatic N) is 3. The molecule has 124 valence electrons. The molecule has 3 rings (SSSR count). The molecule has 0 fully saturated rings. The SMILES string of the molecule is CCN=c1scc(-c2ccc(C)cc2)n1N=C(C)c1ccc(C)o1. The lowest BCUT2D eigenvalue weighted by Gasteiger charge is -2.05. The Labute approximate surface area is 145 Å². The van der Waals surface area contributed by atoms with Crippen molar-refractivity contribution in [3.8, 4) is 11.3 Å². The summed E-state index contributed by atoms with van der Waals surface area (Å²) in [6.45, 7) is 8.73. The van der Waals surface area contributed by atoms with E-state index in [4.69, 9.17) is 9.52 Å². The molecule has 0 bridgehead atoms. The quantitative estimate of drug-likeness (QED) is 0.640. The van der Waals surface area contributed by atoms with Gasteiger partial charge in [-0.05, 0) is 39.8 Å². The van der Waals surface area contributed by atoms with Gasteiger partial charge >= 0.3 is 0 Å². The zero-order valence-electron chi connectivity index (χ0n) is 14.4. The maximum atomic E-state index is 5.68. The predicted molar refractivity (Wildman–Crippen MR) is 99.6 cm³/mol. The van der Waals surface area contributed by atoms with E-state index in [1.165, 1.54) is 5.56 Å². The third kappa shape index (κ3) is 3.41. The average Bonchev–Trinajstić information content (AvgIpc) is 3.16. The molecule has 0 amide bonds. The molecule has 1 aromatic carbocycles. The first-order valence-corrected chi connectivity index (χ1v) is 8.87. The van der Waals surface area contributed by atoms with Gasteiger partial charge in [0.15, 0.2) is 0 Å². The molecular formula is C19H21N3OS. The molecule has 0 aliphatic rings. The second kappa shape index (κ2) is 7.01. The molecule has 24 heavy (non-hydrogen) atoms. The van der Waals surface area contributed by atoms with Gasteiger partial charge < -0.3 is 4.42 Å². The van der Waals surface area contributed by atoms with E-state index in [2.05, 4.69) is 41.6 Å². The number of furan rings is 1. The van der Waals surface area contributed by atoms with Crippen LogP contribution in [0.4, 0.5) is 0 Å². The number of hydrogen-bond donors (Lipinski definition) is 0. The fourth-order valence-electron chi connectivity index (χ4n) is 2.39. The summed E-state index contributed by atoms with van der Waals surface area (Å²) < 4.78 is 7.59. The largest absolute Gasteiger partial charge is 0.460 e. The van der Waals surface area contributed by atoms with E-state index in [9.17, 15) is 0 Å². The van der Waals surface area contributed by atoms with Gasteiger partial charge in [0.2, 0.25) is 4.80 Å². The van der Waals surface area contributed by atoms with E-state index in [0.717, 1.165) is 39.8 Å². The summed E-state index contributed by atoms with van der Waals surface area (Å²) in [7, 11) is 0. The molecule has 0 saturated heterocycles. The monoisotopic (exact) mass is 339 g/mol. The van der Waals surface area contributed by atoms with E-state index >= 15 is 0 Å². The highest BCUT2D eigenvalue weighted by Gasteiger charge is 2.10. The molecule has 2 heterocycles. The zero-order valence-corrected chi connectivity index (χ0v) is 15.2. The second-order valence-corrected chi connectivity index (χ2v) is 6.49. The van der Waals surface area contributed by atoms with Crippen molar-refractivity contribution in [2.45, 2.75) is 27.7 Å². The third-order valence-electron chi connectivity index (χ3n) is 3.67. The van der Waals surface area contributed by atoms with Crippen molar-refractivity contribution in [2.24, 2.45) is 10.1 Å². The van der Waals surface area contributed by atoms with Crippen molar-refractivity contribution in [1.82, 2.24) is 4.68 Å². The van der Waals surface area contributed by atoms with Crippen LogP contribution in [-0.2, 0) is 0 Å². The Morgan fingerprint density at radius 2 is 1.88 bits per heavy atom. The first-order chi connectivity index (χ1) is 11.6. The number of thiazole rings is 1. The first-order valence-electron chi connectivity index (χ1n) is 7.99. The van der Waals surface area contributed by atoms with Gasteiger partial charge in [-0.15, -0.1) is 11.3 Å². The third-order valence-corrected chi connectivity index (χ3v) is 4.53. The highest BCUT2D eigenvalue weighted by atomic mass is 32.1. The van der Waals surface area contributed by atoms with Gasteiger partial charge in [-0.1, -0.05) is 29.8 Å². The highest BCUT2D eigenvalue weighted by molar-refractivity contribution is 7.07. The Kier molecular flexibility index (Phi) is 4.81. The maximum absolute atomic E-state index is 5.68. The lowest BCUT2D eigenvalue weighted by atomic mass is 10.1. The van der Waals surface area contributed by atoms with Crippen LogP contribution in [0.25, 0.3) is 11.3 Å². The van der Waals surface area contributed by atoms with Crippen LogP contribution in [-0.4, -0.2) is 16.9 Å².